The summed E-state index contributed by atoms with van der Waals surface area (Å²) in [6, 6.07) is 5.23. The molecule has 17 heavy (non-hydrogen) atoms. The Hall–Kier alpha value is -1.84. The number of benzene rings is 1. The maximum Gasteiger partial charge on any atom is 0.257 e. The molecule has 2 aromatic rings. The Balaban J connectivity index is 2.40. The van der Waals surface area contributed by atoms with E-state index in [4.69, 9.17) is 4.52 Å². The molecule has 0 saturated carbocycles. The fourth-order valence-electron chi connectivity index (χ4n) is 1.43. The van der Waals surface area contributed by atoms with Gasteiger partial charge in [0.25, 0.3) is 5.89 Å². The molecule has 2 rings (SSSR count). The van der Waals surface area contributed by atoms with Crippen LogP contribution in [0.4, 0.5) is 0 Å². The number of aromatic hydroxyl groups is 1. The van der Waals surface area contributed by atoms with Crippen LogP contribution in [-0.2, 0) is 5.41 Å². The van der Waals surface area contributed by atoms with Gasteiger partial charge in [-0.3, -0.25) is 0 Å². The Morgan fingerprint density at radius 3 is 2.47 bits per heavy atom. The summed E-state index contributed by atoms with van der Waals surface area (Å²) in [4.78, 5) is 4.36. The van der Waals surface area contributed by atoms with Gasteiger partial charge in [0.2, 0.25) is 0 Å². The Kier molecular flexibility index (Phi) is 2.65. The molecular formula is C13H16N2O2. The first-order chi connectivity index (χ1) is 7.88. The molecule has 0 aliphatic rings. The van der Waals surface area contributed by atoms with Crippen LogP contribution in [-0.4, -0.2) is 15.2 Å². The number of phenolic OH excluding ortho intramolecular Hbond substituents is 1. The van der Waals surface area contributed by atoms with Gasteiger partial charge in [0, 0.05) is 11.0 Å². The molecule has 0 fully saturated rings. The zero-order valence-electron chi connectivity index (χ0n) is 10.5. The number of rotatable bonds is 1. The summed E-state index contributed by atoms with van der Waals surface area (Å²) >= 11 is 0. The van der Waals surface area contributed by atoms with Crippen LogP contribution in [0.15, 0.2) is 22.7 Å². The molecule has 0 aliphatic carbocycles. The molecule has 1 aromatic carbocycles. The lowest BCUT2D eigenvalue weighted by atomic mass is 9.96. The standard InChI is InChI=1S/C13H16N2O2/c1-8-7-9(5-6-10(8)16)11-14-12(15-17-11)13(2,3)4/h5-7,16H,1-4H3. The minimum absolute atomic E-state index is 0.131. The molecule has 0 radical (unpaired) electrons. The normalized spacial score (nSPS) is 11.8. The highest BCUT2D eigenvalue weighted by atomic mass is 16.5. The van der Waals surface area contributed by atoms with Gasteiger partial charge in [0.1, 0.15) is 5.75 Å². The molecule has 1 heterocycles. The van der Waals surface area contributed by atoms with E-state index in [2.05, 4.69) is 10.1 Å². The smallest absolute Gasteiger partial charge is 0.257 e. The quantitative estimate of drug-likeness (QED) is 0.821. The summed E-state index contributed by atoms with van der Waals surface area (Å²) in [5, 5.41) is 13.4. The van der Waals surface area contributed by atoms with Crippen molar-refractivity contribution in [1.82, 2.24) is 10.1 Å². The molecule has 0 atom stereocenters. The first-order valence-electron chi connectivity index (χ1n) is 5.52. The number of phenols is 1. The van der Waals surface area contributed by atoms with Crippen LogP contribution in [0.2, 0.25) is 0 Å². The van der Waals surface area contributed by atoms with Gasteiger partial charge in [-0.2, -0.15) is 4.98 Å². The average Bonchev–Trinajstić information content (AvgIpc) is 2.70. The highest BCUT2D eigenvalue weighted by Crippen LogP contribution is 2.26. The van der Waals surface area contributed by atoms with Gasteiger partial charge in [-0.25, -0.2) is 0 Å². The van der Waals surface area contributed by atoms with Gasteiger partial charge >= 0.3 is 0 Å². The van der Waals surface area contributed by atoms with Crippen LogP contribution in [0, 0.1) is 6.92 Å². The summed E-state index contributed by atoms with van der Waals surface area (Å²) in [6.45, 7) is 7.93. The Labute approximate surface area is 100 Å². The van der Waals surface area contributed by atoms with Crippen LogP contribution in [0.25, 0.3) is 11.5 Å². The van der Waals surface area contributed by atoms with E-state index < -0.39 is 0 Å². The van der Waals surface area contributed by atoms with Gasteiger partial charge < -0.3 is 9.63 Å². The van der Waals surface area contributed by atoms with E-state index in [0.717, 1.165) is 11.1 Å². The van der Waals surface area contributed by atoms with Gasteiger partial charge in [-0.15, -0.1) is 0 Å². The lowest BCUT2D eigenvalue weighted by Gasteiger charge is -2.10. The largest absolute Gasteiger partial charge is 0.508 e. The van der Waals surface area contributed by atoms with Crippen molar-refractivity contribution in [3.05, 3.63) is 29.6 Å². The zero-order valence-corrected chi connectivity index (χ0v) is 10.5. The average molecular weight is 232 g/mol. The van der Waals surface area contributed by atoms with E-state index >= 15 is 0 Å². The highest BCUT2D eigenvalue weighted by Gasteiger charge is 2.21. The van der Waals surface area contributed by atoms with E-state index in [0.29, 0.717) is 11.7 Å². The fraction of sp³-hybridized carbons (Fsp3) is 0.385. The lowest BCUT2D eigenvalue weighted by molar-refractivity contribution is 0.402. The van der Waals surface area contributed by atoms with Crippen molar-refractivity contribution < 1.29 is 9.63 Å². The molecule has 0 amide bonds. The van der Waals surface area contributed by atoms with Crippen molar-refractivity contribution in [2.45, 2.75) is 33.1 Å². The maximum atomic E-state index is 9.46. The highest BCUT2D eigenvalue weighted by molar-refractivity contribution is 5.56. The number of hydrogen-bond acceptors (Lipinski definition) is 4. The number of aromatic nitrogens is 2. The fourth-order valence-corrected chi connectivity index (χ4v) is 1.43. The van der Waals surface area contributed by atoms with Crippen molar-refractivity contribution in [2.75, 3.05) is 0 Å². The summed E-state index contributed by atoms with van der Waals surface area (Å²) < 4.78 is 5.23. The van der Waals surface area contributed by atoms with Gasteiger partial charge in [0.15, 0.2) is 5.82 Å². The first kappa shape index (κ1) is 11.6. The molecule has 0 aliphatic heterocycles. The third-order valence-corrected chi connectivity index (χ3v) is 2.54. The second-order valence-corrected chi connectivity index (χ2v) is 5.17. The summed E-state index contributed by atoms with van der Waals surface area (Å²) in [7, 11) is 0. The third-order valence-electron chi connectivity index (χ3n) is 2.54. The predicted molar refractivity (Wildman–Crippen MR) is 64.8 cm³/mol. The van der Waals surface area contributed by atoms with Gasteiger partial charge in [-0.1, -0.05) is 25.9 Å². The second-order valence-electron chi connectivity index (χ2n) is 5.17. The Morgan fingerprint density at radius 1 is 1.24 bits per heavy atom. The Morgan fingerprint density at radius 2 is 1.94 bits per heavy atom. The summed E-state index contributed by atoms with van der Waals surface area (Å²) in [5.74, 6) is 1.43. The van der Waals surface area contributed by atoms with Crippen molar-refractivity contribution in [3.63, 3.8) is 0 Å². The lowest BCUT2D eigenvalue weighted by Crippen LogP contribution is -2.13. The van der Waals surface area contributed by atoms with Crippen molar-refractivity contribution in [1.29, 1.82) is 0 Å². The molecule has 0 saturated heterocycles. The maximum absolute atomic E-state index is 9.46. The van der Waals surface area contributed by atoms with Gasteiger partial charge in [-0.05, 0) is 30.7 Å². The molecule has 1 N–H and O–H groups in total. The van der Waals surface area contributed by atoms with Crippen molar-refractivity contribution in [2.24, 2.45) is 0 Å². The number of aryl methyl sites for hydroxylation is 1. The Bertz CT molecular complexity index is 539. The van der Waals surface area contributed by atoms with Crippen molar-refractivity contribution >= 4 is 0 Å². The SMILES string of the molecule is Cc1cc(-c2nc(C(C)(C)C)no2)ccc1O. The molecule has 0 bridgehead atoms. The third kappa shape index (κ3) is 2.30. The molecule has 90 valence electrons. The van der Waals surface area contributed by atoms with E-state index in [9.17, 15) is 5.11 Å². The minimum Gasteiger partial charge on any atom is -0.508 e. The molecule has 1 aromatic heterocycles. The first-order valence-corrected chi connectivity index (χ1v) is 5.52. The van der Waals surface area contributed by atoms with Crippen LogP contribution < -0.4 is 0 Å². The number of nitrogens with zero attached hydrogens (tertiary/aromatic N) is 2. The zero-order chi connectivity index (χ0) is 12.6. The number of hydrogen-bond donors (Lipinski definition) is 1. The summed E-state index contributed by atoms with van der Waals surface area (Å²) in [6.07, 6.45) is 0. The van der Waals surface area contributed by atoms with E-state index in [1.165, 1.54) is 0 Å². The minimum atomic E-state index is -0.131. The van der Waals surface area contributed by atoms with Crippen LogP contribution in [0.5, 0.6) is 5.75 Å². The molecule has 0 unspecified atom stereocenters. The van der Waals surface area contributed by atoms with Crippen LogP contribution in [0.3, 0.4) is 0 Å². The predicted octanol–water partition coefficient (Wildman–Crippen LogP) is 3.05. The summed E-state index contributed by atoms with van der Waals surface area (Å²) in [5.41, 5.74) is 1.48. The van der Waals surface area contributed by atoms with Crippen LogP contribution >= 0.6 is 0 Å². The second kappa shape index (κ2) is 3.87. The van der Waals surface area contributed by atoms with E-state index in [1.807, 2.05) is 33.8 Å². The monoisotopic (exact) mass is 232 g/mol. The van der Waals surface area contributed by atoms with Gasteiger partial charge in [0.05, 0.1) is 0 Å². The topological polar surface area (TPSA) is 59.2 Å². The van der Waals surface area contributed by atoms with E-state index in [1.54, 1.807) is 12.1 Å². The molecule has 4 heteroatoms. The van der Waals surface area contributed by atoms with E-state index in [-0.39, 0.29) is 11.2 Å². The molecule has 0 spiro atoms. The van der Waals surface area contributed by atoms with Crippen molar-refractivity contribution in [3.8, 4) is 17.2 Å². The molecule has 4 nitrogen and oxygen atoms in total. The molecular weight excluding hydrogens is 216 g/mol. The van der Waals surface area contributed by atoms with Crippen LogP contribution in [0.1, 0.15) is 32.2 Å².